The average molecular weight is 277 g/mol. The Morgan fingerprint density at radius 3 is 2.65 bits per heavy atom. The summed E-state index contributed by atoms with van der Waals surface area (Å²) < 4.78 is 5.32. The Morgan fingerprint density at radius 1 is 1.20 bits per heavy atom. The zero-order valence-electron chi connectivity index (χ0n) is 13.6. The van der Waals surface area contributed by atoms with E-state index < -0.39 is 0 Å². The summed E-state index contributed by atoms with van der Waals surface area (Å²) in [4.78, 5) is 0. The lowest BCUT2D eigenvalue weighted by Crippen LogP contribution is -2.25. The Labute approximate surface area is 124 Å². The highest BCUT2D eigenvalue weighted by Crippen LogP contribution is 2.20. The summed E-state index contributed by atoms with van der Waals surface area (Å²) >= 11 is 0. The first-order chi connectivity index (χ1) is 9.65. The standard InChI is InChI=1S/C18H31NO/c1-5-11-19-14-17(10-9-15(2)3)12-16-7-6-8-18(13-16)20-4/h6-8,13,15,17,19H,5,9-12,14H2,1-4H3. The molecule has 0 amide bonds. The van der Waals surface area contributed by atoms with Gasteiger partial charge in [0.05, 0.1) is 7.11 Å². The lowest BCUT2D eigenvalue weighted by molar-refractivity contribution is 0.395. The van der Waals surface area contributed by atoms with Gasteiger partial charge in [0.1, 0.15) is 5.75 Å². The maximum Gasteiger partial charge on any atom is 0.119 e. The summed E-state index contributed by atoms with van der Waals surface area (Å²) in [5.41, 5.74) is 1.39. The topological polar surface area (TPSA) is 21.3 Å². The highest BCUT2D eigenvalue weighted by Gasteiger charge is 2.11. The van der Waals surface area contributed by atoms with E-state index >= 15 is 0 Å². The highest BCUT2D eigenvalue weighted by atomic mass is 16.5. The van der Waals surface area contributed by atoms with E-state index in [1.165, 1.54) is 24.8 Å². The summed E-state index contributed by atoms with van der Waals surface area (Å²) in [5.74, 6) is 2.47. The molecular weight excluding hydrogens is 246 g/mol. The normalized spacial score (nSPS) is 12.7. The van der Waals surface area contributed by atoms with Crippen LogP contribution in [0.4, 0.5) is 0 Å². The highest BCUT2D eigenvalue weighted by molar-refractivity contribution is 5.28. The number of hydrogen-bond donors (Lipinski definition) is 1. The first kappa shape index (κ1) is 17.0. The van der Waals surface area contributed by atoms with Crippen molar-refractivity contribution in [3.05, 3.63) is 29.8 Å². The number of hydrogen-bond acceptors (Lipinski definition) is 2. The van der Waals surface area contributed by atoms with Gasteiger partial charge in [0.2, 0.25) is 0 Å². The van der Waals surface area contributed by atoms with Crippen LogP contribution in [0, 0.1) is 11.8 Å². The largest absolute Gasteiger partial charge is 0.497 e. The summed E-state index contributed by atoms with van der Waals surface area (Å²) in [6.45, 7) is 9.08. The smallest absolute Gasteiger partial charge is 0.119 e. The van der Waals surface area contributed by atoms with Crippen molar-refractivity contribution in [3.63, 3.8) is 0 Å². The van der Waals surface area contributed by atoms with Crippen LogP contribution in [0.25, 0.3) is 0 Å². The molecule has 0 aliphatic heterocycles. The second-order valence-corrected chi connectivity index (χ2v) is 6.10. The van der Waals surface area contributed by atoms with Crippen molar-refractivity contribution in [1.29, 1.82) is 0 Å². The number of methoxy groups -OCH3 is 1. The molecule has 0 bridgehead atoms. The monoisotopic (exact) mass is 277 g/mol. The molecule has 0 aromatic heterocycles. The van der Waals surface area contributed by atoms with Crippen molar-refractivity contribution in [1.82, 2.24) is 5.32 Å². The molecule has 2 nitrogen and oxygen atoms in total. The van der Waals surface area contributed by atoms with Crippen LogP contribution >= 0.6 is 0 Å². The number of nitrogens with one attached hydrogen (secondary N) is 1. The lowest BCUT2D eigenvalue weighted by atomic mass is 9.91. The van der Waals surface area contributed by atoms with Crippen LogP contribution in [0.15, 0.2) is 24.3 Å². The SMILES string of the molecule is CCCNCC(CCC(C)C)Cc1cccc(OC)c1. The zero-order chi connectivity index (χ0) is 14.8. The van der Waals surface area contributed by atoms with Crippen molar-refractivity contribution in [3.8, 4) is 5.75 Å². The fraction of sp³-hybridized carbons (Fsp3) is 0.667. The van der Waals surface area contributed by atoms with Crippen LogP contribution < -0.4 is 10.1 Å². The number of benzene rings is 1. The van der Waals surface area contributed by atoms with Gasteiger partial charge in [-0.25, -0.2) is 0 Å². The van der Waals surface area contributed by atoms with Crippen LogP contribution in [0.1, 0.15) is 45.6 Å². The molecule has 1 N–H and O–H groups in total. The Hall–Kier alpha value is -1.02. The van der Waals surface area contributed by atoms with Crippen molar-refractivity contribution >= 4 is 0 Å². The minimum Gasteiger partial charge on any atom is -0.497 e. The Morgan fingerprint density at radius 2 is 2.00 bits per heavy atom. The molecular formula is C18H31NO. The van der Waals surface area contributed by atoms with Gasteiger partial charge in [-0.2, -0.15) is 0 Å². The second kappa shape index (κ2) is 9.82. The molecule has 0 aliphatic rings. The van der Waals surface area contributed by atoms with Gasteiger partial charge >= 0.3 is 0 Å². The quantitative estimate of drug-likeness (QED) is 0.644. The molecule has 0 spiro atoms. The van der Waals surface area contributed by atoms with Crippen molar-refractivity contribution in [2.24, 2.45) is 11.8 Å². The summed E-state index contributed by atoms with van der Waals surface area (Å²) in [6.07, 6.45) is 4.95. The molecule has 0 fully saturated rings. The molecule has 0 saturated carbocycles. The number of ether oxygens (including phenoxy) is 1. The van der Waals surface area contributed by atoms with Crippen molar-refractivity contribution in [2.45, 2.75) is 46.5 Å². The van der Waals surface area contributed by atoms with Gasteiger partial charge in [-0.15, -0.1) is 0 Å². The predicted molar refractivity (Wildman–Crippen MR) is 87.4 cm³/mol. The third-order valence-corrected chi connectivity index (χ3v) is 3.67. The first-order valence-electron chi connectivity index (χ1n) is 7.99. The maximum absolute atomic E-state index is 5.32. The molecule has 0 aliphatic carbocycles. The van der Waals surface area contributed by atoms with Gasteiger partial charge in [0.25, 0.3) is 0 Å². The lowest BCUT2D eigenvalue weighted by Gasteiger charge is -2.19. The first-order valence-corrected chi connectivity index (χ1v) is 7.99. The molecule has 1 aromatic rings. The van der Waals surface area contributed by atoms with E-state index in [0.29, 0.717) is 0 Å². The molecule has 0 heterocycles. The molecule has 1 rings (SSSR count). The predicted octanol–water partition coefficient (Wildman–Crippen LogP) is 4.29. The van der Waals surface area contributed by atoms with Gasteiger partial charge in [-0.05, 0) is 61.9 Å². The van der Waals surface area contributed by atoms with Crippen LogP contribution in [-0.2, 0) is 6.42 Å². The van der Waals surface area contributed by atoms with Gasteiger partial charge in [0, 0.05) is 0 Å². The summed E-state index contributed by atoms with van der Waals surface area (Å²) in [6, 6.07) is 8.49. The van der Waals surface area contributed by atoms with Gasteiger partial charge in [0.15, 0.2) is 0 Å². The van der Waals surface area contributed by atoms with Crippen LogP contribution in [-0.4, -0.2) is 20.2 Å². The molecule has 1 atom stereocenters. The maximum atomic E-state index is 5.32. The second-order valence-electron chi connectivity index (χ2n) is 6.10. The molecule has 1 aromatic carbocycles. The molecule has 2 heteroatoms. The average Bonchev–Trinajstić information content (AvgIpc) is 2.45. The van der Waals surface area contributed by atoms with E-state index in [1.807, 2.05) is 6.07 Å². The molecule has 0 radical (unpaired) electrons. The third-order valence-electron chi connectivity index (χ3n) is 3.67. The van der Waals surface area contributed by atoms with Crippen LogP contribution in [0.2, 0.25) is 0 Å². The molecule has 0 saturated heterocycles. The van der Waals surface area contributed by atoms with E-state index in [1.54, 1.807) is 7.11 Å². The Bertz CT molecular complexity index is 362. The molecule has 1 unspecified atom stereocenters. The van der Waals surface area contributed by atoms with Crippen LogP contribution in [0.5, 0.6) is 5.75 Å². The van der Waals surface area contributed by atoms with E-state index in [-0.39, 0.29) is 0 Å². The van der Waals surface area contributed by atoms with E-state index in [4.69, 9.17) is 4.74 Å². The minimum atomic E-state index is 0.719. The van der Waals surface area contributed by atoms with Gasteiger partial charge in [-0.1, -0.05) is 39.3 Å². The molecule has 114 valence electrons. The summed E-state index contributed by atoms with van der Waals surface area (Å²) in [7, 11) is 1.73. The fourth-order valence-electron chi connectivity index (χ4n) is 2.46. The zero-order valence-corrected chi connectivity index (χ0v) is 13.6. The van der Waals surface area contributed by atoms with E-state index in [0.717, 1.165) is 37.1 Å². The van der Waals surface area contributed by atoms with Crippen LogP contribution in [0.3, 0.4) is 0 Å². The summed E-state index contributed by atoms with van der Waals surface area (Å²) in [5, 5.41) is 3.58. The van der Waals surface area contributed by atoms with Gasteiger partial charge in [-0.3, -0.25) is 0 Å². The Kier molecular flexibility index (Phi) is 8.36. The number of rotatable bonds is 10. The minimum absolute atomic E-state index is 0.719. The fourth-order valence-corrected chi connectivity index (χ4v) is 2.46. The van der Waals surface area contributed by atoms with Gasteiger partial charge < -0.3 is 10.1 Å². The van der Waals surface area contributed by atoms with E-state index in [2.05, 4.69) is 44.3 Å². The Balaban J connectivity index is 2.56. The third kappa shape index (κ3) is 6.95. The van der Waals surface area contributed by atoms with Crippen molar-refractivity contribution < 1.29 is 4.74 Å². The van der Waals surface area contributed by atoms with E-state index in [9.17, 15) is 0 Å². The van der Waals surface area contributed by atoms with Crippen molar-refractivity contribution in [2.75, 3.05) is 20.2 Å². The molecule has 20 heavy (non-hydrogen) atoms.